The molecule has 2 unspecified atom stereocenters. The molecule has 0 saturated carbocycles. The molecule has 0 aliphatic carbocycles. The van der Waals surface area contributed by atoms with Crippen LogP contribution < -0.4 is 11.5 Å². The third-order valence-corrected chi connectivity index (χ3v) is 2.23. The molecule has 0 fully saturated rings. The Hall–Kier alpha value is -0.820. The van der Waals surface area contributed by atoms with E-state index in [0.717, 1.165) is 6.92 Å². The number of hydrogen-bond donors (Lipinski definition) is 2. The van der Waals surface area contributed by atoms with Crippen molar-refractivity contribution in [3.8, 4) is 0 Å². The summed E-state index contributed by atoms with van der Waals surface area (Å²) >= 11 is 0. The predicted molar refractivity (Wildman–Crippen MR) is 52.5 cm³/mol. The first-order valence-electron chi connectivity index (χ1n) is 4.84. The molecule has 2 atom stereocenters. The van der Waals surface area contributed by atoms with Crippen molar-refractivity contribution in [3.05, 3.63) is 0 Å². The molecule has 0 radical (unpaired) electrons. The zero-order valence-corrected chi connectivity index (χ0v) is 9.30. The van der Waals surface area contributed by atoms with Crippen LogP contribution in [0.3, 0.4) is 0 Å². The summed E-state index contributed by atoms with van der Waals surface area (Å²) in [5.74, 6) is -0.684. The van der Waals surface area contributed by atoms with Gasteiger partial charge in [-0.3, -0.25) is 4.79 Å². The molecule has 0 aromatic carbocycles. The molecule has 1 amide bonds. The molecule has 0 aliphatic heterocycles. The Bertz CT molecular complexity index is 241. The predicted octanol–water partition coefficient (Wildman–Crippen LogP) is 0.937. The van der Waals surface area contributed by atoms with E-state index in [2.05, 4.69) is 4.74 Å². The minimum absolute atomic E-state index is 0.110. The number of nitrogens with two attached hydrogens (primary N) is 2. The van der Waals surface area contributed by atoms with Crippen molar-refractivity contribution in [1.29, 1.82) is 0 Å². The van der Waals surface area contributed by atoms with Gasteiger partial charge in [0.1, 0.15) is 0 Å². The molecule has 16 heavy (non-hydrogen) atoms. The standard InChI is InChI=1S/C9H17F3N2O2/c1-6(9(10,11)12)16-5-3-4-8(2,14)7(13)15/h6H,3-5,14H2,1-2H3,(H2,13,15). The van der Waals surface area contributed by atoms with Crippen molar-refractivity contribution in [1.82, 2.24) is 0 Å². The summed E-state index contributed by atoms with van der Waals surface area (Å²) in [6, 6.07) is 0. The molecule has 0 heterocycles. The Labute approximate surface area is 92.1 Å². The van der Waals surface area contributed by atoms with Crippen LogP contribution in [0.4, 0.5) is 13.2 Å². The largest absolute Gasteiger partial charge is 0.414 e. The monoisotopic (exact) mass is 242 g/mol. The molecule has 0 spiro atoms. The Morgan fingerprint density at radius 1 is 1.44 bits per heavy atom. The maximum Gasteiger partial charge on any atom is 0.414 e. The maximum atomic E-state index is 12.0. The maximum absolute atomic E-state index is 12.0. The fourth-order valence-corrected chi connectivity index (χ4v) is 0.917. The summed E-state index contributed by atoms with van der Waals surface area (Å²) in [6.45, 7) is 2.25. The number of carbonyl (C=O) groups is 1. The highest BCUT2D eigenvalue weighted by molar-refractivity contribution is 5.83. The van der Waals surface area contributed by atoms with E-state index in [0.29, 0.717) is 0 Å². The lowest BCUT2D eigenvalue weighted by molar-refractivity contribution is -0.214. The van der Waals surface area contributed by atoms with Gasteiger partial charge in [-0.05, 0) is 26.7 Å². The van der Waals surface area contributed by atoms with Crippen molar-refractivity contribution in [3.63, 3.8) is 0 Å². The first-order valence-corrected chi connectivity index (χ1v) is 4.84. The summed E-state index contributed by atoms with van der Waals surface area (Å²) in [5.41, 5.74) is 9.30. The highest BCUT2D eigenvalue weighted by atomic mass is 19.4. The number of rotatable bonds is 6. The Balaban J connectivity index is 3.82. The van der Waals surface area contributed by atoms with Crippen molar-refractivity contribution >= 4 is 5.91 Å². The van der Waals surface area contributed by atoms with E-state index in [1.54, 1.807) is 0 Å². The van der Waals surface area contributed by atoms with Gasteiger partial charge >= 0.3 is 6.18 Å². The summed E-state index contributed by atoms with van der Waals surface area (Å²) in [4.78, 5) is 10.8. The van der Waals surface area contributed by atoms with Gasteiger partial charge < -0.3 is 16.2 Å². The summed E-state index contributed by atoms with van der Waals surface area (Å²) < 4.78 is 40.6. The third kappa shape index (κ3) is 5.32. The van der Waals surface area contributed by atoms with Gasteiger partial charge in [0.15, 0.2) is 6.10 Å². The van der Waals surface area contributed by atoms with Crippen molar-refractivity contribution in [2.75, 3.05) is 6.61 Å². The van der Waals surface area contributed by atoms with E-state index in [1.807, 2.05) is 0 Å². The molecule has 0 aliphatic rings. The van der Waals surface area contributed by atoms with E-state index < -0.39 is 23.7 Å². The van der Waals surface area contributed by atoms with Crippen LogP contribution in [0.15, 0.2) is 0 Å². The molecule has 7 heteroatoms. The van der Waals surface area contributed by atoms with E-state index in [1.165, 1.54) is 6.92 Å². The number of hydrogen-bond acceptors (Lipinski definition) is 3. The van der Waals surface area contributed by atoms with E-state index in [4.69, 9.17) is 11.5 Å². The molecule has 0 bridgehead atoms. The average molecular weight is 242 g/mol. The minimum atomic E-state index is -4.37. The first-order chi connectivity index (χ1) is 7.07. The highest BCUT2D eigenvalue weighted by Gasteiger charge is 2.36. The van der Waals surface area contributed by atoms with E-state index in [-0.39, 0.29) is 19.4 Å². The average Bonchev–Trinajstić information content (AvgIpc) is 2.10. The first kappa shape index (κ1) is 15.2. The fourth-order valence-electron chi connectivity index (χ4n) is 0.917. The van der Waals surface area contributed by atoms with Gasteiger partial charge in [0.2, 0.25) is 5.91 Å². The van der Waals surface area contributed by atoms with E-state index >= 15 is 0 Å². The molecule has 96 valence electrons. The van der Waals surface area contributed by atoms with E-state index in [9.17, 15) is 18.0 Å². The number of alkyl halides is 3. The number of halogens is 3. The van der Waals surface area contributed by atoms with Gasteiger partial charge in [0.05, 0.1) is 5.54 Å². The van der Waals surface area contributed by atoms with Crippen molar-refractivity contribution in [2.45, 2.75) is 44.5 Å². The van der Waals surface area contributed by atoms with Gasteiger partial charge in [0, 0.05) is 6.61 Å². The molecule has 0 aromatic heterocycles. The minimum Gasteiger partial charge on any atom is -0.369 e. The topological polar surface area (TPSA) is 78.3 Å². The molecule has 0 aromatic rings. The van der Waals surface area contributed by atoms with Crippen LogP contribution in [0.5, 0.6) is 0 Å². The molecular formula is C9H17F3N2O2. The summed E-state index contributed by atoms with van der Waals surface area (Å²) in [5, 5.41) is 0. The second-order valence-corrected chi connectivity index (χ2v) is 3.94. The zero-order chi connectivity index (χ0) is 13.0. The van der Waals surface area contributed by atoms with Crippen LogP contribution in [-0.4, -0.2) is 30.3 Å². The van der Waals surface area contributed by atoms with Crippen LogP contribution in [0.2, 0.25) is 0 Å². The van der Waals surface area contributed by atoms with Gasteiger partial charge in [-0.2, -0.15) is 13.2 Å². The number of primary amides is 1. The lowest BCUT2D eigenvalue weighted by Crippen LogP contribution is -2.49. The normalized spacial score (nSPS) is 17.9. The lowest BCUT2D eigenvalue weighted by atomic mass is 9.97. The Kier molecular flexibility index (Phi) is 5.21. The smallest absolute Gasteiger partial charge is 0.369 e. The van der Waals surface area contributed by atoms with Gasteiger partial charge in [0.25, 0.3) is 0 Å². The fraction of sp³-hybridized carbons (Fsp3) is 0.889. The summed E-state index contributed by atoms with van der Waals surface area (Å²) in [6.07, 6.45) is -5.75. The van der Waals surface area contributed by atoms with Gasteiger partial charge in [-0.15, -0.1) is 0 Å². The number of amides is 1. The quantitative estimate of drug-likeness (QED) is 0.680. The third-order valence-electron chi connectivity index (χ3n) is 2.23. The van der Waals surface area contributed by atoms with Gasteiger partial charge in [-0.25, -0.2) is 0 Å². The SMILES string of the molecule is CC(OCCCC(C)(N)C(N)=O)C(F)(F)F. The highest BCUT2D eigenvalue weighted by Crippen LogP contribution is 2.22. The lowest BCUT2D eigenvalue weighted by Gasteiger charge is -2.21. The van der Waals surface area contributed by atoms with Crippen LogP contribution in [-0.2, 0) is 9.53 Å². The molecule has 4 nitrogen and oxygen atoms in total. The Morgan fingerprint density at radius 2 is 1.94 bits per heavy atom. The molecular weight excluding hydrogens is 225 g/mol. The zero-order valence-electron chi connectivity index (χ0n) is 9.30. The number of ether oxygens (including phenoxy) is 1. The second kappa shape index (κ2) is 5.49. The number of carbonyl (C=O) groups excluding carboxylic acids is 1. The molecule has 0 rings (SSSR count). The van der Waals surface area contributed by atoms with Crippen LogP contribution in [0.25, 0.3) is 0 Å². The van der Waals surface area contributed by atoms with Gasteiger partial charge in [-0.1, -0.05) is 0 Å². The van der Waals surface area contributed by atoms with Crippen LogP contribution in [0, 0.1) is 0 Å². The molecule has 0 saturated heterocycles. The van der Waals surface area contributed by atoms with Crippen LogP contribution in [0.1, 0.15) is 26.7 Å². The van der Waals surface area contributed by atoms with Crippen LogP contribution >= 0.6 is 0 Å². The molecule has 4 N–H and O–H groups in total. The summed E-state index contributed by atoms with van der Waals surface area (Å²) in [7, 11) is 0. The van der Waals surface area contributed by atoms with Crippen molar-refractivity contribution in [2.24, 2.45) is 11.5 Å². The second-order valence-electron chi connectivity index (χ2n) is 3.94. The Morgan fingerprint density at radius 3 is 2.31 bits per heavy atom. The van der Waals surface area contributed by atoms with Crippen molar-refractivity contribution < 1.29 is 22.7 Å².